The zero-order valence-corrected chi connectivity index (χ0v) is 7.44. The van der Waals surface area contributed by atoms with Gasteiger partial charge in [0.1, 0.15) is 0 Å². The smallest absolute Gasteiger partial charge is 0.160 e. The maximum absolute atomic E-state index is 10.3. The first-order valence-corrected chi connectivity index (χ1v) is 4.31. The van der Waals surface area contributed by atoms with E-state index in [-0.39, 0.29) is 0 Å². The van der Waals surface area contributed by atoms with E-state index in [9.17, 15) is 4.79 Å². The van der Waals surface area contributed by atoms with Gasteiger partial charge in [0.2, 0.25) is 0 Å². The molecule has 0 aliphatic rings. The molecule has 2 N–H and O–H groups in total. The Kier molecular flexibility index (Phi) is 2.29. The fourth-order valence-corrected chi connectivity index (χ4v) is 1.85. The Morgan fingerprint density at radius 3 is 2.55 bits per heavy atom. The van der Waals surface area contributed by atoms with Crippen molar-refractivity contribution in [1.29, 1.82) is 0 Å². The van der Waals surface area contributed by atoms with Gasteiger partial charge in [0.05, 0.1) is 9.88 Å². The highest BCUT2D eigenvalue weighted by Crippen LogP contribution is 2.29. The number of nitrogen functional groups attached to an aromatic ring is 1. The van der Waals surface area contributed by atoms with Gasteiger partial charge in [0.15, 0.2) is 6.29 Å². The quantitative estimate of drug-likeness (QED) is 0.690. The molecule has 1 aromatic rings. The van der Waals surface area contributed by atoms with Crippen LogP contribution < -0.4 is 5.73 Å². The van der Waals surface area contributed by atoms with E-state index in [0.29, 0.717) is 10.8 Å². The Hall–Kier alpha value is -0.830. The van der Waals surface area contributed by atoms with Gasteiger partial charge in [-0.05, 0) is 17.5 Å². The summed E-state index contributed by atoms with van der Waals surface area (Å²) >= 11 is 1.35. The predicted molar refractivity (Wildman–Crippen MR) is 48.2 cm³/mol. The fraction of sp³-hybridized carbons (Fsp3) is 0.375. The molecule has 0 saturated heterocycles. The molecule has 0 fully saturated rings. The predicted octanol–water partition coefficient (Wildman–Crippen LogP) is 2.27. The van der Waals surface area contributed by atoms with Crippen LogP contribution in [0, 0.1) is 0 Å². The van der Waals surface area contributed by atoms with Crippen molar-refractivity contribution in [2.75, 3.05) is 5.73 Å². The van der Waals surface area contributed by atoms with E-state index in [2.05, 4.69) is 13.8 Å². The third kappa shape index (κ3) is 1.60. The molecule has 2 nitrogen and oxygen atoms in total. The maximum Gasteiger partial charge on any atom is 0.160 e. The van der Waals surface area contributed by atoms with Gasteiger partial charge in [-0.1, -0.05) is 13.8 Å². The third-order valence-electron chi connectivity index (χ3n) is 1.55. The van der Waals surface area contributed by atoms with Crippen LogP contribution in [0.2, 0.25) is 0 Å². The number of anilines is 1. The lowest BCUT2D eigenvalue weighted by Gasteiger charge is -2.00. The largest absolute Gasteiger partial charge is 0.390 e. The van der Waals surface area contributed by atoms with E-state index in [0.717, 1.165) is 16.9 Å². The Bertz CT molecular complexity index is 265. The standard InChI is InChI=1S/C8H11NOS/c1-5(2)7-3-6(4-10)11-8(7)9/h3-5H,9H2,1-2H3. The van der Waals surface area contributed by atoms with Crippen molar-refractivity contribution in [1.82, 2.24) is 0 Å². The molecule has 0 aliphatic heterocycles. The Morgan fingerprint density at radius 2 is 2.27 bits per heavy atom. The zero-order valence-electron chi connectivity index (χ0n) is 6.63. The molecule has 1 heterocycles. The van der Waals surface area contributed by atoms with Gasteiger partial charge in [-0.2, -0.15) is 0 Å². The summed E-state index contributed by atoms with van der Waals surface area (Å²) in [7, 11) is 0. The number of nitrogens with two attached hydrogens (primary N) is 1. The number of rotatable bonds is 2. The van der Waals surface area contributed by atoms with Crippen molar-refractivity contribution in [2.24, 2.45) is 0 Å². The van der Waals surface area contributed by atoms with Gasteiger partial charge in [-0.3, -0.25) is 4.79 Å². The van der Waals surface area contributed by atoms with Gasteiger partial charge in [-0.15, -0.1) is 11.3 Å². The number of carbonyl (C=O) groups is 1. The first-order valence-electron chi connectivity index (χ1n) is 3.49. The summed E-state index contributed by atoms with van der Waals surface area (Å²) in [5.74, 6) is 0.403. The zero-order chi connectivity index (χ0) is 8.43. The molecule has 3 heteroatoms. The summed E-state index contributed by atoms with van der Waals surface area (Å²) in [6, 6.07) is 1.86. The lowest BCUT2D eigenvalue weighted by molar-refractivity contribution is 0.112. The second kappa shape index (κ2) is 3.05. The fourth-order valence-electron chi connectivity index (χ4n) is 0.949. The SMILES string of the molecule is CC(C)c1cc(C=O)sc1N. The van der Waals surface area contributed by atoms with Crippen molar-refractivity contribution in [3.8, 4) is 0 Å². The Labute approximate surface area is 70.0 Å². The lowest BCUT2D eigenvalue weighted by Crippen LogP contribution is -1.89. The first-order chi connectivity index (χ1) is 5.15. The Balaban J connectivity index is 3.06. The summed E-state index contributed by atoms with van der Waals surface area (Å²) in [5, 5.41) is 0.766. The lowest BCUT2D eigenvalue weighted by atomic mass is 10.1. The molecular weight excluding hydrogens is 158 g/mol. The van der Waals surface area contributed by atoms with Crippen LogP contribution in [0.1, 0.15) is 35.0 Å². The van der Waals surface area contributed by atoms with Gasteiger partial charge in [0.25, 0.3) is 0 Å². The van der Waals surface area contributed by atoms with Gasteiger partial charge in [0, 0.05) is 0 Å². The summed E-state index contributed by atoms with van der Waals surface area (Å²) in [6.07, 6.45) is 0.840. The van der Waals surface area contributed by atoms with Crippen LogP contribution in [0.15, 0.2) is 6.07 Å². The van der Waals surface area contributed by atoms with Crippen LogP contribution in [0.4, 0.5) is 5.00 Å². The summed E-state index contributed by atoms with van der Waals surface area (Å²) in [4.78, 5) is 11.1. The van der Waals surface area contributed by atoms with Crippen LogP contribution in [0.5, 0.6) is 0 Å². The molecule has 0 bridgehead atoms. The van der Waals surface area contributed by atoms with Crippen molar-refractivity contribution in [3.63, 3.8) is 0 Å². The molecular formula is C8H11NOS. The summed E-state index contributed by atoms with van der Waals surface area (Å²) in [6.45, 7) is 4.12. The number of hydrogen-bond donors (Lipinski definition) is 1. The highest BCUT2D eigenvalue weighted by molar-refractivity contribution is 7.17. The molecule has 0 unspecified atom stereocenters. The van der Waals surface area contributed by atoms with Crippen LogP contribution in [0.25, 0.3) is 0 Å². The van der Waals surface area contributed by atoms with Gasteiger partial charge < -0.3 is 5.73 Å². The molecule has 0 spiro atoms. The molecule has 1 aromatic heterocycles. The van der Waals surface area contributed by atoms with Crippen molar-refractivity contribution in [3.05, 3.63) is 16.5 Å². The average Bonchev–Trinajstić information content (AvgIpc) is 2.30. The molecule has 0 atom stereocenters. The molecule has 0 aromatic carbocycles. The van der Waals surface area contributed by atoms with Crippen LogP contribution >= 0.6 is 11.3 Å². The van der Waals surface area contributed by atoms with E-state index in [1.54, 1.807) is 0 Å². The second-order valence-corrected chi connectivity index (χ2v) is 3.86. The minimum absolute atomic E-state index is 0.403. The minimum Gasteiger partial charge on any atom is -0.390 e. The number of aldehydes is 1. The second-order valence-electron chi connectivity index (χ2n) is 2.74. The van der Waals surface area contributed by atoms with Crippen molar-refractivity contribution in [2.45, 2.75) is 19.8 Å². The van der Waals surface area contributed by atoms with Gasteiger partial charge >= 0.3 is 0 Å². The molecule has 1 rings (SSSR count). The molecule has 11 heavy (non-hydrogen) atoms. The van der Waals surface area contributed by atoms with E-state index in [1.807, 2.05) is 6.07 Å². The van der Waals surface area contributed by atoms with Gasteiger partial charge in [-0.25, -0.2) is 0 Å². The molecule has 0 radical (unpaired) electrons. The highest BCUT2D eigenvalue weighted by atomic mass is 32.1. The van der Waals surface area contributed by atoms with E-state index >= 15 is 0 Å². The normalized spacial score (nSPS) is 10.5. The number of thiophene rings is 1. The number of carbonyl (C=O) groups excluding carboxylic acids is 1. The maximum atomic E-state index is 10.3. The van der Waals surface area contributed by atoms with E-state index in [1.165, 1.54) is 11.3 Å². The minimum atomic E-state index is 0.403. The third-order valence-corrected chi connectivity index (χ3v) is 2.45. The van der Waals surface area contributed by atoms with E-state index in [4.69, 9.17) is 5.73 Å². The number of hydrogen-bond acceptors (Lipinski definition) is 3. The molecule has 0 aliphatic carbocycles. The molecule has 60 valence electrons. The Morgan fingerprint density at radius 1 is 1.64 bits per heavy atom. The average molecular weight is 169 g/mol. The summed E-state index contributed by atoms with van der Waals surface area (Å²) in [5.41, 5.74) is 6.76. The summed E-state index contributed by atoms with van der Waals surface area (Å²) < 4.78 is 0. The van der Waals surface area contributed by atoms with Crippen LogP contribution in [-0.4, -0.2) is 6.29 Å². The monoisotopic (exact) mass is 169 g/mol. The highest BCUT2D eigenvalue weighted by Gasteiger charge is 2.08. The molecule has 0 saturated carbocycles. The van der Waals surface area contributed by atoms with Crippen LogP contribution in [0.3, 0.4) is 0 Å². The van der Waals surface area contributed by atoms with Crippen molar-refractivity contribution < 1.29 is 4.79 Å². The molecule has 0 amide bonds. The van der Waals surface area contributed by atoms with E-state index < -0.39 is 0 Å². The van der Waals surface area contributed by atoms with Crippen LogP contribution in [-0.2, 0) is 0 Å². The van der Waals surface area contributed by atoms with Crippen molar-refractivity contribution >= 4 is 22.6 Å². The topological polar surface area (TPSA) is 43.1 Å². The first kappa shape index (κ1) is 8.27.